The summed E-state index contributed by atoms with van der Waals surface area (Å²) in [6, 6.07) is 26.6. The van der Waals surface area contributed by atoms with Gasteiger partial charge in [-0.2, -0.15) is 0 Å². The zero-order chi connectivity index (χ0) is 25.4. The van der Waals surface area contributed by atoms with E-state index in [1.54, 1.807) is 0 Å². The summed E-state index contributed by atoms with van der Waals surface area (Å²) >= 11 is 0. The number of para-hydroxylation sites is 1. The lowest BCUT2D eigenvalue weighted by Crippen LogP contribution is -2.64. The molecular formula is C33H32N4. The molecule has 37 heavy (non-hydrogen) atoms. The molecule has 2 aliphatic heterocycles. The first-order chi connectivity index (χ1) is 17.9. The van der Waals surface area contributed by atoms with Crippen LogP contribution in [-0.2, 0) is 11.8 Å². The number of aromatic nitrogens is 2. The monoisotopic (exact) mass is 484 g/mol. The summed E-state index contributed by atoms with van der Waals surface area (Å²) in [6.45, 7) is 9.36. The zero-order valence-corrected chi connectivity index (χ0v) is 21.9. The fourth-order valence-corrected chi connectivity index (χ4v) is 6.73. The fraction of sp³-hybridized carbons (Fsp3) is 0.273. The molecule has 3 aliphatic rings. The number of anilines is 4. The van der Waals surface area contributed by atoms with Crippen molar-refractivity contribution in [1.82, 2.24) is 9.97 Å². The van der Waals surface area contributed by atoms with Crippen LogP contribution in [0, 0.1) is 11.3 Å². The first-order valence-corrected chi connectivity index (χ1v) is 13.3. The molecule has 0 saturated carbocycles. The maximum atomic E-state index is 4.91. The molecule has 0 bridgehead atoms. The second kappa shape index (κ2) is 7.79. The summed E-state index contributed by atoms with van der Waals surface area (Å²) in [4.78, 5) is 14.6. The first kappa shape index (κ1) is 22.3. The van der Waals surface area contributed by atoms with Gasteiger partial charge in [-0.25, -0.2) is 9.97 Å². The van der Waals surface area contributed by atoms with Crippen molar-refractivity contribution in [3.05, 3.63) is 108 Å². The summed E-state index contributed by atoms with van der Waals surface area (Å²) < 4.78 is 0. The van der Waals surface area contributed by atoms with Gasteiger partial charge in [0, 0.05) is 34.6 Å². The molecular weight excluding hydrogens is 452 g/mol. The summed E-state index contributed by atoms with van der Waals surface area (Å²) in [5.74, 6) is 2.44. The number of hydrogen-bond donors (Lipinski definition) is 0. The van der Waals surface area contributed by atoms with E-state index < -0.39 is 0 Å². The van der Waals surface area contributed by atoms with E-state index in [0.717, 1.165) is 23.7 Å². The van der Waals surface area contributed by atoms with Crippen molar-refractivity contribution in [3.8, 4) is 11.1 Å². The predicted molar refractivity (Wildman–Crippen MR) is 152 cm³/mol. The Morgan fingerprint density at radius 1 is 0.811 bits per heavy atom. The molecule has 3 heterocycles. The Morgan fingerprint density at radius 2 is 1.51 bits per heavy atom. The molecule has 4 heteroatoms. The molecule has 1 aromatic heterocycles. The molecule has 1 aliphatic carbocycles. The van der Waals surface area contributed by atoms with Crippen LogP contribution in [0.4, 0.5) is 23.0 Å². The van der Waals surface area contributed by atoms with E-state index in [4.69, 9.17) is 9.97 Å². The number of hydrogen-bond acceptors (Lipinski definition) is 4. The average molecular weight is 485 g/mol. The van der Waals surface area contributed by atoms with Gasteiger partial charge in [0.1, 0.15) is 6.17 Å². The van der Waals surface area contributed by atoms with Crippen molar-refractivity contribution in [2.45, 2.75) is 45.7 Å². The van der Waals surface area contributed by atoms with Crippen LogP contribution in [0.2, 0.25) is 0 Å². The lowest BCUT2D eigenvalue weighted by molar-refractivity contribution is 0.174. The first-order valence-electron chi connectivity index (χ1n) is 13.3. The van der Waals surface area contributed by atoms with Crippen molar-refractivity contribution in [3.63, 3.8) is 0 Å². The van der Waals surface area contributed by atoms with Crippen LogP contribution in [0.3, 0.4) is 0 Å². The third kappa shape index (κ3) is 2.96. The maximum Gasteiger partial charge on any atom is 0.178 e. The molecule has 3 atom stereocenters. The van der Waals surface area contributed by atoms with Gasteiger partial charge in [-0.3, -0.25) is 0 Å². The van der Waals surface area contributed by atoms with Gasteiger partial charge in [-0.05, 0) is 52.8 Å². The average Bonchev–Trinajstić information content (AvgIpc) is 3.27. The molecule has 0 N–H and O–H groups in total. The quantitative estimate of drug-likeness (QED) is 0.277. The van der Waals surface area contributed by atoms with E-state index in [0.29, 0.717) is 5.92 Å². The van der Waals surface area contributed by atoms with Gasteiger partial charge in [-0.15, -0.1) is 0 Å². The minimum atomic E-state index is -0.116. The molecule has 0 radical (unpaired) electrons. The van der Waals surface area contributed by atoms with Crippen molar-refractivity contribution in [2.75, 3.05) is 9.80 Å². The van der Waals surface area contributed by atoms with E-state index in [1.807, 2.05) is 12.4 Å². The Labute approximate surface area is 219 Å². The van der Waals surface area contributed by atoms with Crippen LogP contribution >= 0.6 is 0 Å². The minimum Gasteiger partial charge on any atom is -0.301 e. The highest BCUT2D eigenvalue weighted by Gasteiger charge is 2.64. The Morgan fingerprint density at radius 3 is 2.22 bits per heavy atom. The SMILES string of the molecule is CC(C)Cc1ccccc1-c1ccc2c(c1)N1c3nccnc3N(c3ccccc3)C1C1(C)C=CC21C. The van der Waals surface area contributed by atoms with Crippen LogP contribution in [-0.4, -0.2) is 16.1 Å². The second-order valence-electron chi connectivity index (χ2n) is 11.5. The Kier molecular flexibility index (Phi) is 4.69. The molecule has 7 rings (SSSR count). The van der Waals surface area contributed by atoms with Gasteiger partial charge in [0.15, 0.2) is 11.6 Å². The number of fused-ring (bicyclic) bond motifs is 8. The van der Waals surface area contributed by atoms with E-state index in [2.05, 4.69) is 122 Å². The highest BCUT2D eigenvalue weighted by Crippen LogP contribution is 2.66. The largest absolute Gasteiger partial charge is 0.301 e. The molecule has 0 amide bonds. The van der Waals surface area contributed by atoms with Gasteiger partial charge in [0.2, 0.25) is 0 Å². The van der Waals surface area contributed by atoms with Crippen molar-refractivity contribution >= 4 is 23.0 Å². The van der Waals surface area contributed by atoms with Crippen LogP contribution in [0.5, 0.6) is 0 Å². The van der Waals surface area contributed by atoms with Gasteiger partial charge < -0.3 is 9.80 Å². The predicted octanol–water partition coefficient (Wildman–Crippen LogP) is 7.81. The molecule has 0 spiro atoms. The lowest BCUT2D eigenvalue weighted by Gasteiger charge is -2.61. The zero-order valence-electron chi connectivity index (χ0n) is 21.9. The van der Waals surface area contributed by atoms with Crippen molar-refractivity contribution in [1.29, 1.82) is 0 Å². The maximum absolute atomic E-state index is 4.91. The fourth-order valence-electron chi connectivity index (χ4n) is 6.73. The molecule has 184 valence electrons. The molecule has 3 aromatic carbocycles. The summed E-state index contributed by atoms with van der Waals surface area (Å²) in [5, 5.41) is 0. The number of rotatable bonds is 4. The van der Waals surface area contributed by atoms with E-state index in [1.165, 1.54) is 27.9 Å². The standard InChI is InChI=1S/C33H32N4/c1-22(2)20-23-10-8-9-13-26(23)24-14-15-27-28(21-24)37-30-29(34-18-19-35-30)36(25-11-6-5-7-12-25)31(37)33(4)17-16-32(27,33)3/h5-19,21-22,31H,20H2,1-4H3. The third-order valence-electron chi connectivity index (χ3n) is 8.83. The third-order valence-corrected chi connectivity index (χ3v) is 8.83. The van der Waals surface area contributed by atoms with Gasteiger partial charge >= 0.3 is 0 Å². The van der Waals surface area contributed by atoms with Gasteiger partial charge in [0.25, 0.3) is 0 Å². The van der Waals surface area contributed by atoms with Crippen molar-refractivity contribution < 1.29 is 0 Å². The van der Waals surface area contributed by atoms with Crippen molar-refractivity contribution in [2.24, 2.45) is 11.3 Å². The number of nitrogens with zero attached hydrogens (tertiary/aromatic N) is 4. The van der Waals surface area contributed by atoms with Crippen LogP contribution < -0.4 is 9.80 Å². The van der Waals surface area contributed by atoms with Crippen LogP contribution in [0.15, 0.2) is 97.3 Å². The number of benzene rings is 3. The summed E-state index contributed by atoms with van der Waals surface area (Å²) in [7, 11) is 0. The van der Waals surface area contributed by atoms with Gasteiger partial charge in [0.05, 0.1) is 0 Å². The molecule has 0 fully saturated rings. The molecule has 0 saturated heterocycles. The van der Waals surface area contributed by atoms with E-state index in [-0.39, 0.29) is 17.0 Å². The Bertz CT molecular complexity index is 1540. The number of allylic oxidation sites excluding steroid dienone is 1. The van der Waals surface area contributed by atoms with E-state index >= 15 is 0 Å². The lowest BCUT2D eigenvalue weighted by atomic mass is 9.50. The Hall–Kier alpha value is -3.92. The van der Waals surface area contributed by atoms with Gasteiger partial charge in [-0.1, -0.05) is 94.4 Å². The van der Waals surface area contributed by atoms with Crippen LogP contribution in [0.25, 0.3) is 11.1 Å². The van der Waals surface area contributed by atoms with E-state index in [9.17, 15) is 0 Å². The molecule has 3 unspecified atom stereocenters. The Balaban J connectivity index is 1.47. The highest BCUT2D eigenvalue weighted by atomic mass is 15.5. The van der Waals surface area contributed by atoms with Crippen LogP contribution in [0.1, 0.15) is 38.8 Å². The second-order valence-corrected chi connectivity index (χ2v) is 11.5. The molecule has 4 aromatic rings. The summed E-state index contributed by atoms with van der Waals surface area (Å²) in [6.07, 6.45) is 9.51. The highest BCUT2D eigenvalue weighted by molar-refractivity contribution is 5.89. The summed E-state index contributed by atoms with van der Waals surface area (Å²) in [5.41, 5.74) is 7.49. The molecule has 4 nitrogen and oxygen atoms in total. The smallest absolute Gasteiger partial charge is 0.178 e. The minimum absolute atomic E-state index is 0.0379. The normalized spacial score (nSPS) is 24.8. The topological polar surface area (TPSA) is 32.3 Å².